The van der Waals surface area contributed by atoms with E-state index in [2.05, 4.69) is 38.1 Å². The van der Waals surface area contributed by atoms with Gasteiger partial charge in [-0.2, -0.15) is 0 Å². The van der Waals surface area contributed by atoms with Crippen LogP contribution in [0.1, 0.15) is 6.42 Å². The lowest BCUT2D eigenvalue weighted by Gasteiger charge is -2.32. The lowest BCUT2D eigenvalue weighted by atomic mass is 10.3. The van der Waals surface area contributed by atoms with Crippen molar-refractivity contribution in [1.82, 2.24) is 15.1 Å². The second-order valence-corrected chi connectivity index (χ2v) is 4.54. The molecule has 0 saturated carbocycles. The summed E-state index contributed by atoms with van der Waals surface area (Å²) in [6, 6.07) is 0. The second kappa shape index (κ2) is 7.19. The molecule has 0 atom stereocenters. The van der Waals surface area contributed by atoms with Crippen LogP contribution in [0.15, 0.2) is 0 Å². The Bertz CT molecular complexity index is 193. The number of hydrogen-bond acceptors (Lipinski definition) is 3. The van der Waals surface area contributed by atoms with E-state index in [1.807, 2.05) is 0 Å². The summed E-state index contributed by atoms with van der Waals surface area (Å²) in [4.78, 5) is 15.7. The molecule has 0 radical (unpaired) electrons. The van der Waals surface area contributed by atoms with E-state index in [4.69, 9.17) is 0 Å². The van der Waals surface area contributed by atoms with Gasteiger partial charge in [0.15, 0.2) is 0 Å². The number of rotatable bonds is 5. The molecule has 1 amide bonds. The van der Waals surface area contributed by atoms with E-state index in [0.29, 0.717) is 5.33 Å². The van der Waals surface area contributed by atoms with E-state index < -0.39 is 0 Å². The molecule has 0 bridgehead atoms. The lowest BCUT2D eigenvalue weighted by molar-refractivity contribution is -0.118. The molecule has 1 aliphatic heterocycles. The van der Waals surface area contributed by atoms with Crippen LogP contribution in [0.3, 0.4) is 0 Å². The van der Waals surface area contributed by atoms with Crippen LogP contribution in [0.2, 0.25) is 0 Å². The van der Waals surface area contributed by atoms with Crippen LogP contribution in [-0.2, 0) is 4.79 Å². The molecule has 0 spiro atoms. The summed E-state index contributed by atoms with van der Waals surface area (Å²) < 4.78 is 0. The Balaban J connectivity index is 1.98. The van der Waals surface area contributed by atoms with Crippen molar-refractivity contribution in [1.29, 1.82) is 0 Å². The minimum absolute atomic E-state index is 0.0772. The molecule has 0 unspecified atom stereocenters. The minimum atomic E-state index is 0.0772. The SMILES string of the molecule is CN1CCN(CCCNC(=O)CBr)CC1. The first-order chi connectivity index (χ1) is 7.22. The number of hydrogen-bond donors (Lipinski definition) is 1. The fourth-order valence-corrected chi connectivity index (χ4v) is 1.85. The molecule has 1 N–H and O–H groups in total. The van der Waals surface area contributed by atoms with Gasteiger partial charge in [0.2, 0.25) is 5.91 Å². The minimum Gasteiger partial charge on any atom is -0.355 e. The zero-order valence-electron chi connectivity index (χ0n) is 9.34. The first kappa shape index (κ1) is 12.9. The van der Waals surface area contributed by atoms with Crippen LogP contribution in [-0.4, -0.2) is 67.4 Å². The normalized spacial score (nSPS) is 19.1. The summed E-state index contributed by atoms with van der Waals surface area (Å²) in [7, 11) is 2.16. The van der Waals surface area contributed by atoms with Gasteiger partial charge in [0, 0.05) is 32.7 Å². The highest BCUT2D eigenvalue weighted by Crippen LogP contribution is 1.99. The molecule has 88 valence electrons. The summed E-state index contributed by atoms with van der Waals surface area (Å²) in [5, 5.41) is 3.26. The number of halogens is 1. The van der Waals surface area contributed by atoms with Gasteiger partial charge in [-0.15, -0.1) is 0 Å². The van der Waals surface area contributed by atoms with Gasteiger partial charge < -0.3 is 15.1 Å². The molecule has 0 aromatic carbocycles. The molecular formula is C10H20BrN3O. The number of carbonyl (C=O) groups excluding carboxylic acids is 1. The molecule has 4 nitrogen and oxygen atoms in total. The van der Waals surface area contributed by atoms with Crippen molar-refractivity contribution < 1.29 is 4.79 Å². The summed E-state index contributed by atoms with van der Waals surface area (Å²) in [5.74, 6) is 0.0772. The Labute approximate surface area is 100 Å². The van der Waals surface area contributed by atoms with E-state index in [-0.39, 0.29) is 5.91 Å². The van der Waals surface area contributed by atoms with Gasteiger partial charge in [-0.1, -0.05) is 15.9 Å². The fourth-order valence-electron chi connectivity index (χ4n) is 1.65. The van der Waals surface area contributed by atoms with Gasteiger partial charge in [0.1, 0.15) is 0 Å². The van der Waals surface area contributed by atoms with Crippen molar-refractivity contribution in [2.45, 2.75) is 6.42 Å². The Morgan fingerprint density at radius 3 is 2.60 bits per heavy atom. The number of alkyl halides is 1. The van der Waals surface area contributed by atoms with E-state index >= 15 is 0 Å². The van der Waals surface area contributed by atoms with Crippen molar-refractivity contribution in [3.63, 3.8) is 0 Å². The molecular weight excluding hydrogens is 258 g/mol. The number of amides is 1. The van der Waals surface area contributed by atoms with Gasteiger partial charge in [-0.05, 0) is 20.0 Å². The summed E-state index contributed by atoms with van der Waals surface area (Å²) >= 11 is 3.12. The molecule has 1 heterocycles. The van der Waals surface area contributed by atoms with Crippen molar-refractivity contribution >= 4 is 21.8 Å². The van der Waals surface area contributed by atoms with Crippen molar-refractivity contribution in [2.75, 3.05) is 51.6 Å². The average Bonchev–Trinajstić information content (AvgIpc) is 2.26. The predicted molar refractivity (Wildman–Crippen MR) is 65.4 cm³/mol. The van der Waals surface area contributed by atoms with Crippen molar-refractivity contribution in [2.24, 2.45) is 0 Å². The monoisotopic (exact) mass is 277 g/mol. The van der Waals surface area contributed by atoms with Crippen molar-refractivity contribution in [3.8, 4) is 0 Å². The van der Waals surface area contributed by atoms with Crippen LogP contribution in [0.25, 0.3) is 0 Å². The Hall–Kier alpha value is -0.130. The third-order valence-corrected chi connectivity index (χ3v) is 3.20. The molecule has 0 aliphatic carbocycles. The maximum absolute atomic E-state index is 10.9. The standard InChI is InChI=1S/C10H20BrN3O/c1-13-5-7-14(8-6-13)4-2-3-12-10(15)9-11/h2-9H2,1H3,(H,12,15). The highest BCUT2D eigenvalue weighted by atomic mass is 79.9. The van der Waals surface area contributed by atoms with Gasteiger partial charge in [-0.3, -0.25) is 4.79 Å². The summed E-state index contributed by atoms with van der Waals surface area (Å²) in [6.45, 7) is 6.51. The van der Waals surface area contributed by atoms with Crippen LogP contribution in [0.5, 0.6) is 0 Å². The predicted octanol–water partition coefficient (Wildman–Crippen LogP) is 0.135. The van der Waals surface area contributed by atoms with Crippen LogP contribution < -0.4 is 5.32 Å². The largest absolute Gasteiger partial charge is 0.355 e. The average molecular weight is 278 g/mol. The lowest BCUT2D eigenvalue weighted by Crippen LogP contribution is -2.45. The van der Waals surface area contributed by atoms with Gasteiger partial charge in [0.25, 0.3) is 0 Å². The molecule has 0 aromatic rings. The van der Waals surface area contributed by atoms with Gasteiger partial charge >= 0.3 is 0 Å². The number of likely N-dealkylation sites (N-methyl/N-ethyl adjacent to an activating group) is 1. The third-order valence-electron chi connectivity index (χ3n) is 2.69. The Kier molecular flexibility index (Phi) is 6.20. The summed E-state index contributed by atoms with van der Waals surface area (Å²) in [5.41, 5.74) is 0. The number of piperazine rings is 1. The molecule has 0 aromatic heterocycles. The topological polar surface area (TPSA) is 35.6 Å². The zero-order valence-corrected chi connectivity index (χ0v) is 10.9. The van der Waals surface area contributed by atoms with Gasteiger partial charge in [-0.25, -0.2) is 0 Å². The molecule has 15 heavy (non-hydrogen) atoms. The maximum atomic E-state index is 10.9. The molecule has 1 aliphatic rings. The summed E-state index contributed by atoms with van der Waals surface area (Å²) in [6.07, 6.45) is 1.04. The fraction of sp³-hybridized carbons (Fsp3) is 0.900. The van der Waals surface area contributed by atoms with E-state index in [1.54, 1.807) is 0 Å². The van der Waals surface area contributed by atoms with Crippen LogP contribution >= 0.6 is 15.9 Å². The quantitative estimate of drug-likeness (QED) is 0.574. The molecule has 1 fully saturated rings. The van der Waals surface area contributed by atoms with Crippen LogP contribution in [0.4, 0.5) is 0 Å². The number of nitrogens with one attached hydrogen (secondary N) is 1. The molecule has 5 heteroatoms. The van der Waals surface area contributed by atoms with Crippen LogP contribution in [0, 0.1) is 0 Å². The Morgan fingerprint density at radius 2 is 2.00 bits per heavy atom. The highest BCUT2D eigenvalue weighted by molar-refractivity contribution is 9.09. The van der Waals surface area contributed by atoms with E-state index in [1.165, 1.54) is 0 Å². The first-order valence-corrected chi connectivity index (χ1v) is 6.58. The molecule has 1 rings (SSSR count). The Morgan fingerprint density at radius 1 is 1.33 bits per heavy atom. The molecule has 1 saturated heterocycles. The number of carbonyl (C=O) groups is 1. The van der Waals surface area contributed by atoms with Gasteiger partial charge in [0.05, 0.1) is 5.33 Å². The number of nitrogens with zero attached hydrogens (tertiary/aromatic N) is 2. The first-order valence-electron chi connectivity index (χ1n) is 5.46. The zero-order chi connectivity index (χ0) is 11.1. The highest BCUT2D eigenvalue weighted by Gasteiger charge is 2.12. The smallest absolute Gasteiger partial charge is 0.230 e. The van der Waals surface area contributed by atoms with E-state index in [0.717, 1.165) is 45.7 Å². The third kappa shape index (κ3) is 5.49. The maximum Gasteiger partial charge on any atom is 0.230 e. The van der Waals surface area contributed by atoms with Crippen molar-refractivity contribution in [3.05, 3.63) is 0 Å². The van der Waals surface area contributed by atoms with E-state index in [9.17, 15) is 4.79 Å². The second-order valence-electron chi connectivity index (χ2n) is 3.98.